The zero-order chi connectivity index (χ0) is 24.6. The van der Waals surface area contributed by atoms with E-state index < -0.39 is 12.1 Å². The van der Waals surface area contributed by atoms with Crippen molar-refractivity contribution < 1.29 is 14.6 Å². The maximum absolute atomic E-state index is 12.2. The first-order valence-electron chi connectivity index (χ1n) is 12.4. The van der Waals surface area contributed by atoms with Crippen LogP contribution >= 0.6 is 11.6 Å². The lowest BCUT2D eigenvalue weighted by Crippen LogP contribution is -2.46. The summed E-state index contributed by atoms with van der Waals surface area (Å²) < 4.78 is 7.10. The van der Waals surface area contributed by atoms with Gasteiger partial charge in [0.1, 0.15) is 12.3 Å². The molecular formula is C27H33ClN4O3. The molecule has 0 aliphatic carbocycles. The summed E-state index contributed by atoms with van der Waals surface area (Å²) in [6, 6.07) is 16.7. The van der Waals surface area contributed by atoms with Gasteiger partial charge >= 0.3 is 5.97 Å². The van der Waals surface area contributed by atoms with E-state index in [0.717, 1.165) is 13.0 Å². The van der Waals surface area contributed by atoms with Crippen molar-refractivity contribution in [2.24, 2.45) is 0 Å². The van der Waals surface area contributed by atoms with Crippen molar-refractivity contribution in [1.29, 1.82) is 0 Å². The van der Waals surface area contributed by atoms with Gasteiger partial charge in [0, 0.05) is 17.6 Å². The van der Waals surface area contributed by atoms with Crippen molar-refractivity contribution in [2.75, 3.05) is 13.1 Å². The molecule has 35 heavy (non-hydrogen) atoms. The SMILES string of the molecule is CCCCCCN1C[C@@H](O)[C@H](n2cc(COC(=O)c3ccccc3)nn2)C[C@H]1c1ccc(Cl)cc1. The smallest absolute Gasteiger partial charge is 0.338 e. The van der Waals surface area contributed by atoms with Gasteiger partial charge in [-0.25, -0.2) is 9.48 Å². The lowest BCUT2D eigenvalue weighted by atomic mass is 9.89. The molecule has 3 aromatic rings. The van der Waals surface area contributed by atoms with Crippen molar-refractivity contribution in [2.45, 2.75) is 63.8 Å². The van der Waals surface area contributed by atoms with E-state index in [4.69, 9.17) is 16.3 Å². The molecule has 2 aromatic carbocycles. The van der Waals surface area contributed by atoms with Crippen molar-refractivity contribution in [3.8, 4) is 0 Å². The first-order chi connectivity index (χ1) is 17.0. The van der Waals surface area contributed by atoms with Crippen molar-refractivity contribution >= 4 is 17.6 Å². The number of likely N-dealkylation sites (tertiary alicyclic amines) is 1. The minimum atomic E-state index is -0.578. The zero-order valence-corrected chi connectivity index (χ0v) is 20.8. The standard InChI is InChI=1S/C27H33ClN4O3/c1-2-3-4-8-15-31-18-26(33)25(16-24(31)20-11-13-22(28)14-12-20)32-17-23(29-30-32)19-35-27(34)21-9-6-5-7-10-21/h5-7,9-14,17,24-26,33H,2-4,8,15-16,18-19H2,1H3/t24-,25+,26+/m0/s1. The average Bonchev–Trinajstić information content (AvgIpc) is 3.35. The number of carbonyl (C=O) groups excluding carboxylic acids is 1. The minimum absolute atomic E-state index is 0.0285. The minimum Gasteiger partial charge on any atom is -0.455 e. The van der Waals surface area contributed by atoms with E-state index in [1.807, 2.05) is 18.2 Å². The van der Waals surface area contributed by atoms with Gasteiger partial charge in [0.05, 0.1) is 23.9 Å². The third kappa shape index (κ3) is 6.69. The highest BCUT2D eigenvalue weighted by Gasteiger charge is 2.36. The number of hydrogen-bond donors (Lipinski definition) is 1. The maximum Gasteiger partial charge on any atom is 0.338 e. The monoisotopic (exact) mass is 496 g/mol. The highest BCUT2D eigenvalue weighted by Crippen LogP contribution is 2.37. The quantitative estimate of drug-likeness (QED) is 0.306. The van der Waals surface area contributed by atoms with Crippen LogP contribution in [0.5, 0.6) is 0 Å². The number of nitrogens with zero attached hydrogens (tertiary/aromatic N) is 4. The van der Waals surface area contributed by atoms with Gasteiger partial charge < -0.3 is 9.84 Å². The number of aliphatic hydroxyl groups is 1. The van der Waals surface area contributed by atoms with Gasteiger partial charge in [0.2, 0.25) is 0 Å². The Hall–Kier alpha value is -2.74. The number of piperidine rings is 1. The fourth-order valence-corrected chi connectivity index (χ4v) is 4.79. The Morgan fingerprint density at radius 1 is 1.11 bits per heavy atom. The Morgan fingerprint density at radius 2 is 1.89 bits per heavy atom. The molecule has 3 atom stereocenters. The molecule has 2 heterocycles. The Labute approximate surface area is 211 Å². The van der Waals surface area contributed by atoms with Gasteiger partial charge in [-0.3, -0.25) is 4.90 Å². The second-order valence-corrected chi connectivity index (χ2v) is 9.56. The number of ether oxygens (including phenoxy) is 1. The van der Waals surface area contributed by atoms with Crippen LogP contribution in [-0.4, -0.2) is 50.2 Å². The van der Waals surface area contributed by atoms with Crippen molar-refractivity contribution in [3.05, 3.63) is 82.6 Å². The van der Waals surface area contributed by atoms with Gasteiger partial charge in [-0.2, -0.15) is 0 Å². The van der Waals surface area contributed by atoms with Crippen LogP contribution in [0.2, 0.25) is 5.02 Å². The van der Waals surface area contributed by atoms with Crippen LogP contribution in [0, 0.1) is 0 Å². The molecule has 8 heteroatoms. The average molecular weight is 497 g/mol. The van der Waals surface area contributed by atoms with Crippen LogP contribution in [0.25, 0.3) is 0 Å². The van der Waals surface area contributed by atoms with E-state index in [0.29, 0.717) is 29.2 Å². The van der Waals surface area contributed by atoms with Gasteiger partial charge in [0.15, 0.2) is 0 Å². The molecule has 1 N–H and O–H groups in total. The summed E-state index contributed by atoms with van der Waals surface area (Å²) in [6.07, 6.45) is 6.60. The Balaban J connectivity index is 1.44. The number of carbonyl (C=O) groups is 1. The van der Waals surface area contributed by atoms with E-state index in [1.165, 1.54) is 24.8 Å². The molecule has 0 amide bonds. The molecule has 7 nitrogen and oxygen atoms in total. The molecule has 0 saturated carbocycles. The van der Waals surface area contributed by atoms with Gasteiger partial charge in [-0.15, -0.1) is 5.10 Å². The number of β-amino-alcohol motifs (C(OH)–C–C–N with tert-alkyl or cyclic N) is 1. The number of aliphatic hydroxyl groups excluding tert-OH is 1. The molecule has 0 radical (unpaired) electrons. The molecule has 186 valence electrons. The maximum atomic E-state index is 12.2. The molecule has 1 saturated heterocycles. The van der Waals surface area contributed by atoms with Crippen LogP contribution in [0.1, 0.15) is 72.7 Å². The number of benzene rings is 2. The summed E-state index contributed by atoms with van der Waals surface area (Å²) in [4.78, 5) is 14.6. The lowest BCUT2D eigenvalue weighted by molar-refractivity contribution is -0.0102. The van der Waals surface area contributed by atoms with E-state index >= 15 is 0 Å². The molecule has 1 aliphatic rings. The first-order valence-corrected chi connectivity index (χ1v) is 12.7. The zero-order valence-electron chi connectivity index (χ0n) is 20.1. The third-order valence-electron chi connectivity index (χ3n) is 6.58. The Bertz CT molecular complexity index is 1070. The number of rotatable bonds is 10. The van der Waals surface area contributed by atoms with Crippen molar-refractivity contribution in [3.63, 3.8) is 0 Å². The second-order valence-electron chi connectivity index (χ2n) is 9.13. The van der Waals surface area contributed by atoms with E-state index in [2.05, 4.69) is 34.3 Å². The molecule has 4 rings (SSSR count). The number of hydrogen-bond acceptors (Lipinski definition) is 6. The molecule has 1 fully saturated rings. The highest BCUT2D eigenvalue weighted by molar-refractivity contribution is 6.30. The van der Waals surface area contributed by atoms with Crippen LogP contribution in [0.15, 0.2) is 60.8 Å². The molecular weight excluding hydrogens is 464 g/mol. The van der Waals surface area contributed by atoms with Crippen LogP contribution < -0.4 is 0 Å². The van der Waals surface area contributed by atoms with E-state index in [-0.39, 0.29) is 18.7 Å². The molecule has 0 bridgehead atoms. The van der Waals surface area contributed by atoms with Gasteiger partial charge in [-0.1, -0.05) is 73.3 Å². The fourth-order valence-electron chi connectivity index (χ4n) is 4.67. The topological polar surface area (TPSA) is 80.5 Å². The number of unbranched alkanes of at least 4 members (excludes halogenated alkanes) is 3. The fraction of sp³-hybridized carbons (Fsp3) is 0.444. The van der Waals surface area contributed by atoms with Crippen LogP contribution in [-0.2, 0) is 11.3 Å². The largest absolute Gasteiger partial charge is 0.455 e. The summed E-state index contributed by atoms with van der Waals surface area (Å²) in [6.45, 7) is 3.73. The summed E-state index contributed by atoms with van der Waals surface area (Å²) in [5.41, 5.74) is 2.22. The van der Waals surface area contributed by atoms with Gasteiger partial charge in [-0.05, 0) is 49.2 Å². The number of esters is 1. The summed E-state index contributed by atoms with van der Waals surface area (Å²) in [7, 11) is 0. The Morgan fingerprint density at radius 3 is 2.63 bits per heavy atom. The second kappa shape index (κ2) is 12.3. The number of aromatic nitrogens is 3. The van der Waals surface area contributed by atoms with Crippen molar-refractivity contribution in [1.82, 2.24) is 19.9 Å². The lowest BCUT2D eigenvalue weighted by Gasteiger charge is -2.42. The first kappa shape index (κ1) is 25.4. The molecule has 0 unspecified atom stereocenters. The summed E-state index contributed by atoms with van der Waals surface area (Å²) in [5.74, 6) is -0.403. The van der Waals surface area contributed by atoms with E-state index in [1.54, 1.807) is 35.1 Å². The molecule has 1 aliphatic heterocycles. The summed E-state index contributed by atoms with van der Waals surface area (Å²) >= 11 is 6.14. The van der Waals surface area contributed by atoms with Gasteiger partial charge in [0.25, 0.3) is 0 Å². The van der Waals surface area contributed by atoms with E-state index in [9.17, 15) is 9.90 Å². The van der Waals surface area contributed by atoms with Crippen LogP contribution in [0.4, 0.5) is 0 Å². The predicted molar refractivity (Wildman–Crippen MR) is 135 cm³/mol. The predicted octanol–water partition coefficient (Wildman–Crippen LogP) is 5.22. The molecule has 1 aromatic heterocycles. The number of halogens is 1. The summed E-state index contributed by atoms with van der Waals surface area (Å²) in [5, 5.41) is 20.2. The Kier molecular flexibility index (Phi) is 8.90. The molecule has 0 spiro atoms. The highest BCUT2D eigenvalue weighted by atomic mass is 35.5. The normalized spacial score (nSPS) is 20.6. The third-order valence-corrected chi connectivity index (χ3v) is 6.84. The van der Waals surface area contributed by atoms with Crippen LogP contribution in [0.3, 0.4) is 0 Å².